The molecule has 0 aromatic carbocycles. The van der Waals surface area contributed by atoms with E-state index in [9.17, 15) is 18.0 Å². The Morgan fingerprint density at radius 3 is 2.90 bits per heavy atom. The van der Waals surface area contributed by atoms with Crippen LogP contribution in [0.1, 0.15) is 24.6 Å². The number of hydrogen-bond acceptors (Lipinski definition) is 7. The molecule has 0 radical (unpaired) electrons. The van der Waals surface area contributed by atoms with Gasteiger partial charge >= 0.3 is 12.1 Å². The average molecular weight is 409 g/mol. The Hall–Kier alpha value is -3.18. The van der Waals surface area contributed by atoms with Crippen molar-refractivity contribution in [3.05, 3.63) is 30.5 Å². The summed E-state index contributed by atoms with van der Waals surface area (Å²) in [6.45, 7) is 1.07. The second kappa shape index (κ2) is 7.33. The van der Waals surface area contributed by atoms with E-state index in [4.69, 9.17) is 0 Å². The molecule has 3 aromatic heterocycles. The van der Waals surface area contributed by atoms with Gasteiger partial charge in [-0.1, -0.05) is 0 Å². The van der Waals surface area contributed by atoms with Gasteiger partial charge in [-0.3, -0.25) is 9.48 Å². The fourth-order valence-electron chi connectivity index (χ4n) is 3.49. The van der Waals surface area contributed by atoms with Crippen LogP contribution in [0.15, 0.2) is 24.8 Å². The summed E-state index contributed by atoms with van der Waals surface area (Å²) in [5.74, 6) is 0.173. The van der Waals surface area contributed by atoms with E-state index in [1.807, 2.05) is 4.90 Å². The number of aromatic nitrogens is 6. The van der Waals surface area contributed by atoms with Crippen molar-refractivity contribution in [2.45, 2.75) is 31.6 Å². The molecule has 4 rings (SSSR count). The largest absolute Gasteiger partial charge is 0.468 e. The van der Waals surface area contributed by atoms with Crippen molar-refractivity contribution < 1.29 is 22.7 Å². The number of nitrogens with zero attached hydrogens (tertiary/aromatic N) is 7. The van der Waals surface area contributed by atoms with E-state index in [2.05, 4.69) is 24.9 Å². The minimum absolute atomic E-state index is 0.0768. The van der Waals surface area contributed by atoms with E-state index in [1.54, 1.807) is 6.20 Å². The number of rotatable bonds is 4. The number of esters is 1. The van der Waals surface area contributed by atoms with E-state index < -0.39 is 17.8 Å². The molecule has 154 valence electrons. The lowest BCUT2D eigenvalue weighted by molar-refractivity contribution is -0.142. The van der Waals surface area contributed by atoms with Crippen molar-refractivity contribution >= 4 is 22.8 Å². The summed E-state index contributed by atoms with van der Waals surface area (Å²) >= 11 is 0. The fraction of sp³-hybridized carbons (Fsp3) is 0.471. The highest BCUT2D eigenvalue weighted by Gasteiger charge is 2.34. The third-order valence-corrected chi connectivity index (χ3v) is 4.89. The van der Waals surface area contributed by atoms with Crippen LogP contribution in [0.25, 0.3) is 11.0 Å². The van der Waals surface area contributed by atoms with Gasteiger partial charge in [-0.05, 0) is 18.9 Å². The Morgan fingerprint density at radius 1 is 1.34 bits per heavy atom. The molecule has 9 nitrogen and oxygen atoms in total. The van der Waals surface area contributed by atoms with Crippen LogP contribution < -0.4 is 4.90 Å². The van der Waals surface area contributed by atoms with Crippen LogP contribution in [0.2, 0.25) is 0 Å². The van der Waals surface area contributed by atoms with Gasteiger partial charge < -0.3 is 9.64 Å². The summed E-state index contributed by atoms with van der Waals surface area (Å²) < 4.78 is 46.0. The zero-order valence-corrected chi connectivity index (χ0v) is 15.5. The smallest absolute Gasteiger partial charge is 0.435 e. The minimum atomic E-state index is -4.47. The van der Waals surface area contributed by atoms with Crippen LogP contribution in [0.5, 0.6) is 0 Å². The summed E-state index contributed by atoms with van der Waals surface area (Å²) in [5, 5.41) is 8.56. The maximum atomic E-state index is 12.9. The maximum absolute atomic E-state index is 12.9. The van der Waals surface area contributed by atoms with E-state index in [1.165, 1.54) is 29.0 Å². The molecule has 1 aliphatic rings. The first-order valence-electron chi connectivity index (χ1n) is 8.97. The van der Waals surface area contributed by atoms with Gasteiger partial charge in [-0.2, -0.15) is 23.4 Å². The number of piperidine rings is 1. The second-order valence-corrected chi connectivity index (χ2v) is 6.73. The second-order valence-electron chi connectivity index (χ2n) is 6.73. The minimum Gasteiger partial charge on any atom is -0.468 e. The summed E-state index contributed by atoms with van der Waals surface area (Å²) in [5.41, 5.74) is -0.413. The Balaban J connectivity index is 1.59. The Kier molecular flexibility index (Phi) is 4.84. The lowest BCUT2D eigenvalue weighted by Crippen LogP contribution is -2.37. The lowest BCUT2D eigenvalue weighted by Gasteiger charge is -2.33. The van der Waals surface area contributed by atoms with Crippen molar-refractivity contribution in [1.29, 1.82) is 0 Å². The summed E-state index contributed by atoms with van der Waals surface area (Å²) in [7, 11) is 1.29. The van der Waals surface area contributed by atoms with Gasteiger partial charge in [0, 0.05) is 19.3 Å². The highest BCUT2D eigenvalue weighted by atomic mass is 19.4. The van der Waals surface area contributed by atoms with E-state index >= 15 is 0 Å². The zero-order chi connectivity index (χ0) is 20.6. The quantitative estimate of drug-likeness (QED) is 0.609. The van der Waals surface area contributed by atoms with Gasteiger partial charge in [0.1, 0.15) is 18.7 Å². The molecule has 1 aliphatic heterocycles. The normalized spacial score (nSPS) is 17.7. The number of hydrogen-bond donors (Lipinski definition) is 0. The Bertz CT molecular complexity index is 1030. The topological polar surface area (TPSA) is 91.0 Å². The SMILES string of the molecule is COC(=O)Cn1ncc2c(N3CCCC(n4ccc(C(F)(F)F)n4)C3)ncnc21. The molecule has 1 saturated heterocycles. The standard InChI is InChI=1S/C17H18F3N7O2/c1-29-14(28)9-27-16-12(7-23-27)15(21-10-22-16)25-5-2-3-11(8-25)26-6-4-13(24-26)17(18,19)20/h4,6-7,10-11H,2-3,5,8-9H2,1H3. The highest BCUT2D eigenvalue weighted by Crippen LogP contribution is 2.31. The first-order chi connectivity index (χ1) is 13.9. The molecule has 0 bridgehead atoms. The zero-order valence-electron chi connectivity index (χ0n) is 15.5. The fourth-order valence-corrected chi connectivity index (χ4v) is 3.49. The monoisotopic (exact) mass is 409 g/mol. The van der Waals surface area contributed by atoms with Gasteiger partial charge in [0.25, 0.3) is 0 Å². The van der Waals surface area contributed by atoms with Crippen molar-refractivity contribution in [2.24, 2.45) is 0 Å². The highest BCUT2D eigenvalue weighted by molar-refractivity contribution is 5.87. The molecule has 1 unspecified atom stereocenters. The molecule has 1 fully saturated rings. The Morgan fingerprint density at radius 2 is 2.17 bits per heavy atom. The van der Waals surface area contributed by atoms with E-state index in [-0.39, 0.29) is 12.6 Å². The van der Waals surface area contributed by atoms with Gasteiger partial charge in [-0.15, -0.1) is 0 Å². The predicted octanol–water partition coefficient (Wildman–Crippen LogP) is 2.06. The van der Waals surface area contributed by atoms with Crippen LogP contribution in [-0.4, -0.2) is 55.7 Å². The number of anilines is 1. The molecule has 0 saturated carbocycles. The van der Waals surface area contributed by atoms with Gasteiger partial charge in [-0.25, -0.2) is 14.6 Å². The van der Waals surface area contributed by atoms with Gasteiger partial charge in [0.05, 0.1) is 24.7 Å². The third-order valence-electron chi connectivity index (χ3n) is 4.89. The number of carbonyl (C=O) groups excluding carboxylic acids is 1. The molecule has 0 spiro atoms. The van der Waals surface area contributed by atoms with Gasteiger partial charge in [0.2, 0.25) is 0 Å². The number of alkyl halides is 3. The number of methoxy groups -OCH3 is 1. The van der Waals surface area contributed by atoms with E-state index in [0.29, 0.717) is 36.4 Å². The molecule has 1 atom stereocenters. The third kappa shape index (κ3) is 3.74. The number of halogens is 3. The number of fused-ring (bicyclic) bond motifs is 1. The summed E-state index contributed by atoms with van der Waals surface area (Å²) in [6, 6.07) is 0.772. The van der Waals surface area contributed by atoms with Crippen LogP contribution in [0, 0.1) is 0 Å². The summed E-state index contributed by atoms with van der Waals surface area (Å²) in [6.07, 6.45) is 1.34. The molecule has 4 heterocycles. The van der Waals surface area contributed by atoms with Crippen LogP contribution in [0.4, 0.5) is 19.0 Å². The molecular formula is C17H18F3N7O2. The van der Waals surface area contributed by atoms with Crippen LogP contribution >= 0.6 is 0 Å². The van der Waals surface area contributed by atoms with Crippen molar-refractivity contribution in [2.75, 3.05) is 25.1 Å². The van der Waals surface area contributed by atoms with Crippen molar-refractivity contribution in [1.82, 2.24) is 29.5 Å². The average Bonchev–Trinajstić information content (AvgIpc) is 3.35. The molecular weight excluding hydrogens is 391 g/mol. The first kappa shape index (κ1) is 19.2. The van der Waals surface area contributed by atoms with Crippen molar-refractivity contribution in [3.63, 3.8) is 0 Å². The van der Waals surface area contributed by atoms with E-state index in [0.717, 1.165) is 12.5 Å². The molecule has 0 aliphatic carbocycles. The molecule has 0 N–H and O–H groups in total. The van der Waals surface area contributed by atoms with Crippen LogP contribution in [-0.2, 0) is 22.3 Å². The Labute approximate surface area is 163 Å². The lowest BCUT2D eigenvalue weighted by atomic mass is 10.1. The van der Waals surface area contributed by atoms with Gasteiger partial charge in [0.15, 0.2) is 11.3 Å². The predicted molar refractivity (Wildman–Crippen MR) is 95.1 cm³/mol. The summed E-state index contributed by atoms with van der Waals surface area (Å²) in [4.78, 5) is 22.1. The molecule has 0 amide bonds. The number of carbonyl (C=O) groups is 1. The van der Waals surface area contributed by atoms with Crippen LogP contribution in [0.3, 0.4) is 0 Å². The maximum Gasteiger partial charge on any atom is 0.435 e. The molecule has 3 aromatic rings. The molecule has 12 heteroatoms. The number of ether oxygens (including phenoxy) is 1. The first-order valence-corrected chi connectivity index (χ1v) is 8.97. The molecule has 29 heavy (non-hydrogen) atoms. The van der Waals surface area contributed by atoms with Crippen molar-refractivity contribution in [3.8, 4) is 0 Å².